The van der Waals surface area contributed by atoms with Gasteiger partial charge >= 0.3 is 0 Å². The summed E-state index contributed by atoms with van der Waals surface area (Å²) in [4.78, 5) is 21.6. The van der Waals surface area contributed by atoms with Crippen molar-refractivity contribution < 1.29 is 18.9 Å². The molecule has 6 nitrogen and oxygen atoms in total. The zero-order valence-electron chi connectivity index (χ0n) is 17.0. The van der Waals surface area contributed by atoms with Crippen LogP contribution in [-0.4, -0.2) is 50.9 Å². The third kappa shape index (κ3) is 3.42. The van der Waals surface area contributed by atoms with Crippen LogP contribution in [0.15, 0.2) is 48.5 Å². The molecule has 2 aliphatic heterocycles. The Labute approximate surface area is 182 Å². The van der Waals surface area contributed by atoms with Crippen LogP contribution in [-0.2, 0) is 16.9 Å². The van der Waals surface area contributed by atoms with Gasteiger partial charge in [0.25, 0.3) is 0 Å². The third-order valence-electron chi connectivity index (χ3n) is 6.09. The van der Waals surface area contributed by atoms with Crippen LogP contribution in [0.4, 0.5) is 8.78 Å². The number of hydrogen-bond acceptors (Lipinski definition) is 5. The summed E-state index contributed by atoms with van der Waals surface area (Å²) >= 11 is 1.25. The molecule has 2 N–H and O–H groups in total. The molecule has 1 aromatic heterocycles. The molecule has 0 radical (unpaired) electrons. The Morgan fingerprint density at radius 3 is 2.61 bits per heavy atom. The SMILES string of the molecule is Cc1nc([C@]2(c3cc(F)cc(F)c3)C[NH2+]CC3N(Cc4ccccc4)C(=O)CN32)ns1. The average molecular weight is 443 g/mol. The number of quaternary nitrogens is 1. The Bertz CT molecular complexity index is 1100. The molecule has 2 aromatic carbocycles. The van der Waals surface area contributed by atoms with E-state index in [1.54, 1.807) is 0 Å². The van der Waals surface area contributed by atoms with E-state index in [1.165, 1.54) is 23.7 Å². The van der Waals surface area contributed by atoms with E-state index >= 15 is 0 Å². The molecule has 2 atom stereocenters. The van der Waals surface area contributed by atoms with Crippen LogP contribution in [0.3, 0.4) is 0 Å². The Morgan fingerprint density at radius 2 is 1.94 bits per heavy atom. The second kappa shape index (κ2) is 7.74. The second-order valence-corrected chi connectivity index (χ2v) is 8.96. The molecule has 0 spiro atoms. The van der Waals surface area contributed by atoms with E-state index < -0.39 is 17.2 Å². The topological polar surface area (TPSA) is 65.9 Å². The van der Waals surface area contributed by atoms with Gasteiger partial charge in [-0.2, -0.15) is 4.37 Å². The Hall–Kier alpha value is -2.75. The molecule has 9 heteroatoms. The molecule has 0 aliphatic carbocycles. The quantitative estimate of drug-likeness (QED) is 0.667. The predicted molar refractivity (Wildman–Crippen MR) is 111 cm³/mol. The summed E-state index contributed by atoms with van der Waals surface area (Å²) in [7, 11) is 0. The van der Waals surface area contributed by atoms with E-state index in [1.807, 2.05) is 47.1 Å². The highest BCUT2D eigenvalue weighted by Crippen LogP contribution is 2.40. The summed E-state index contributed by atoms with van der Waals surface area (Å²) in [6, 6.07) is 13.3. The van der Waals surface area contributed by atoms with Crippen LogP contribution >= 0.6 is 11.5 Å². The molecule has 1 amide bonds. The lowest BCUT2D eigenvalue weighted by molar-refractivity contribution is -0.684. The van der Waals surface area contributed by atoms with Crippen molar-refractivity contribution in [3.8, 4) is 0 Å². The summed E-state index contributed by atoms with van der Waals surface area (Å²) in [5.41, 5.74) is 0.462. The maximum Gasteiger partial charge on any atom is 0.238 e. The zero-order chi connectivity index (χ0) is 21.6. The molecular formula is C22H22F2N5OS+. The summed E-state index contributed by atoms with van der Waals surface area (Å²) in [5.74, 6) is -0.849. The number of carbonyl (C=O) groups excluding carboxylic acids is 1. The smallest absolute Gasteiger partial charge is 0.238 e. The van der Waals surface area contributed by atoms with Crippen molar-refractivity contribution in [2.75, 3.05) is 19.6 Å². The number of aromatic nitrogens is 2. The fraction of sp³-hybridized carbons (Fsp3) is 0.318. The zero-order valence-corrected chi connectivity index (χ0v) is 17.8. The number of aryl methyl sites for hydroxylation is 1. The second-order valence-electron chi connectivity index (χ2n) is 8.00. The van der Waals surface area contributed by atoms with E-state index in [-0.39, 0.29) is 18.6 Å². The number of piperazine rings is 1. The number of halogens is 2. The van der Waals surface area contributed by atoms with Crippen molar-refractivity contribution in [3.63, 3.8) is 0 Å². The minimum absolute atomic E-state index is 0.0163. The Balaban J connectivity index is 1.61. The summed E-state index contributed by atoms with van der Waals surface area (Å²) in [6.45, 7) is 3.60. The molecular weight excluding hydrogens is 420 g/mol. The van der Waals surface area contributed by atoms with Gasteiger partial charge < -0.3 is 10.2 Å². The van der Waals surface area contributed by atoms with E-state index in [0.717, 1.165) is 16.6 Å². The number of carbonyl (C=O) groups is 1. The van der Waals surface area contributed by atoms with Crippen LogP contribution in [0.5, 0.6) is 0 Å². The van der Waals surface area contributed by atoms with Gasteiger partial charge in [-0.1, -0.05) is 30.3 Å². The Kier molecular flexibility index (Phi) is 5.04. The number of nitrogens with zero attached hydrogens (tertiary/aromatic N) is 4. The molecule has 160 valence electrons. The van der Waals surface area contributed by atoms with E-state index in [9.17, 15) is 13.6 Å². The average Bonchev–Trinajstić information content (AvgIpc) is 3.32. The van der Waals surface area contributed by atoms with Gasteiger partial charge in [-0.3, -0.25) is 4.79 Å². The van der Waals surface area contributed by atoms with E-state index in [0.29, 0.717) is 31.0 Å². The van der Waals surface area contributed by atoms with Crippen molar-refractivity contribution in [3.05, 3.63) is 82.1 Å². The van der Waals surface area contributed by atoms with Gasteiger partial charge in [0.2, 0.25) is 5.91 Å². The maximum absolute atomic E-state index is 14.3. The van der Waals surface area contributed by atoms with Crippen LogP contribution in [0, 0.1) is 18.6 Å². The van der Waals surface area contributed by atoms with Crippen molar-refractivity contribution in [1.82, 2.24) is 19.2 Å². The molecule has 2 fully saturated rings. The first-order valence-corrected chi connectivity index (χ1v) is 10.9. The van der Waals surface area contributed by atoms with Crippen molar-refractivity contribution in [1.29, 1.82) is 0 Å². The largest absolute Gasteiger partial charge is 0.341 e. The maximum atomic E-state index is 14.3. The first-order valence-electron chi connectivity index (χ1n) is 10.2. The predicted octanol–water partition coefficient (Wildman–Crippen LogP) is 1.62. The number of rotatable bonds is 4. The van der Waals surface area contributed by atoms with Gasteiger partial charge in [0.05, 0.1) is 6.54 Å². The summed E-state index contributed by atoms with van der Waals surface area (Å²) in [5, 5.41) is 2.84. The monoisotopic (exact) mass is 442 g/mol. The summed E-state index contributed by atoms with van der Waals surface area (Å²) in [6.07, 6.45) is -0.239. The molecule has 2 saturated heterocycles. The Morgan fingerprint density at radius 1 is 1.19 bits per heavy atom. The van der Waals surface area contributed by atoms with Gasteiger partial charge in [0.15, 0.2) is 11.4 Å². The molecule has 0 saturated carbocycles. The van der Waals surface area contributed by atoms with Crippen LogP contribution in [0.1, 0.15) is 22.0 Å². The molecule has 3 heterocycles. The molecule has 31 heavy (non-hydrogen) atoms. The molecule has 3 aromatic rings. The van der Waals surface area contributed by atoms with Crippen LogP contribution in [0.25, 0.3) is 0 Å². The first kappa shape index (κ1) is 20.2. The molecule has 0 bridgehead atoms. The fourth-order valence-corrected chi connectivity index (χ4v) is 5.28. The minimum atomic E-state index is -1.00. The van der Waals surface area contributed by atoms with E-state index in [4.69, 9.17) is 0 Å². The highest BCUT2D eigenvalue weighted by molar-refractivity contribution is 7.05. The number of nitrogens with two attached hydrogens (primary N) is 1. The van der Waals surface area contributed by atoms with Crippen molar-refractivity contribution in [2.24, 2.45) is 0 Å². The van der Waals surface area contributed by atoms with Gasteiger partial charge in [0.1, 0.15) is 35.9 Å². The first-order chi connectivity index (χ1) is 15.0. The van der Waals surface area contributed by atoms with Gasteiger partial charge in [-0.05, 0) is 41.7 Å². The van der Waals surface area contributed by atoms with Gasteiger partial charge in [0, 0.05) is 12.6 Å². The highest BCUT2D eigenvalue weighted by atomic mass is 32.1. The lowest BCUT2D eigenvalue weighted by atomic mass is 9.84. The summed E-state index contributed by atoms with van der Waals surface area (Å²) < 4.78 is 33.1. The van der Waals surface area contributed by atoms with Gasteiger partial charge in [-0.25, -0.2) is 18.7 Å². The lowest BCUT2D eigenvalue weighted by Gasteiger charge is -2.45. The normalized spacial score (nSPS) is 23.9. The van der Waals surface area contributed by atoms with Crippen LogP contribution < -0.4 is 5.32 Å². The van der Waals surface area contributed by atoms with Crippen molar-refractivity contribution in [2.45, 2.75) is 25.2 Å². The minimum Gasteiger partial charge on any atom is -0.341 e. The highest BCUT2D eigenvalue weighted by Gasteiger charge is 2.57. The molecule has 1 unspecified atom stereocenters. The standard InChI is InChI=1S/C22H21F2N5OS/c1-14-26-21(27-31-14)22(16-7-17(23)9-18(24)8-16)13-25-10-19-28(20(30)12-29(19)22)11-15-5-3-2-4-6-15/h2-9,19,25H,10-13H2,1H3/p+1/t19?,22-/m1/s1. The number of amides is 1. The van der Waals surface area contributed by atoms with Crippen molar-refractivity contribution >= 4 is 17.4 Å². The number of hydrogen-bond donors (Lipinski definition) is 1. The fourth-order valence-electron chi connectivity index (χ4n) is 4.74. The molecule has 2 aliphatic rings. The number of fused-ring (bicyclic) bond motifs is 1. The van der Waals surface area contributed by atoms with Gasteiger partial charge in [-0.15, -0.1) is 0 Å². The lowest BCUT2D eigenvalue weighted by Crippen LogP contribution is -2.96. The van der Waals surface area contributed by atoms with Crippen LogP contribution in [0.2, 0.25) is 0 Å². The molecule has 5 rings (SSSR count). The third-order valence-corrected chi connectivity index (χ3v) is 6.71. The van der Waals surface area contributed by atoms with E-state index in [2.05, 4.69) is 14.7 Å². The number of benzene rings is 2.